The minimum absolute atomic E-state index is 0.0579. The molecule has 1 N–H and O–H groups in total. The summed E-state index contributed by atoms with van der Waals surface area (Å²) in [6.45, 7) is 1.91. The summed E-state index contributed by atoms with van der Waals surface area (Å²) in [5.74, 6) is -0.154. The maximum atomic E-state index is 12.7. The van der Waals surface area contributed by atoms with Crippen LogP contribution in [-0.4, -0.2) is 10.8 Å². The minimum atomic E-state index is -0.212. The summed E-state index contributed by atoms with van der Waals surface area (Å²) in [5.41, 5.74) is 3.06. The van der Waals surface area contributed by atoms with Crippen LogP contribution in [0.2, 0.25) is 0 Å². The average Bonchev–Trinajstić information content (AvgIpc) is 2.97. The summed E-state index contributed by atoms with van der Waals surface area (Å²) in [6.07, 6.45) is 1.73. The molecule has 0 fully saturated rings. The Balaban J connectivity index is 2.04. The smallest absolute Gasteiger partial charge is 0.172 e. The van der Waals surface area contributed by atoms with E-state index in [0.717, 1.165) is 16.5 Å². The molecule has 3 rings (SSSR count). The zero-order valence-corrected chi connectivity index (χ0v) is 11.6. The molecule has 2 aromatic carbocycles. The molecule has 0 aliphatic carbocycles. The van der Waals surface area contributed by atoms with E-state index in [0.29, 0.717) is 11.1 Å². The van der Waals surface area contributed by atoms with Crippen LogP contribution in [0.25, 0.3) is 10.9 Å². The number of fused-ring (bicyclic) bond motifs is 1. The highest BCUT2D eigenvalue weighted by Gasteiger charge is 2.20. The first-order chi connectivity index (χ1) is 10.2. The lowest BCUT2D eigenvalue weighted by atomic mass is 9.92. The van der Waals surface area contributed by atoms with Crippen LogP contribution in [0.4, 0.5) is 0 Å². The first kappa shape index (κ1) is 13.1. The van der Waals surface area contributed by atoms with Gasteiger partial charge in [0.15, 0.2) is 5.78 Å². The summed E-state index contributed by atoms with van der Waals surface area (Å²) >= 11 is 0. The van der Waals surface area contributed by atoms with Gasteiger partial charge in [-0.15, -0.1) is 0 Å². The van der Waals surface area contributed by atoms with Crippen molar-refractivity contribution in [3.8, 4) is 6.07 Å². The number of Topliss-reactive ketones (excluding diaryl/α,β-unsaturated/α-hetero) is 1. The van der Waals surface area contributed by atoms with Gasteiger partial charge in [-0.3, -0.25) is 4.79 Å². The highest BCUT2D eigenvalue weighted by molar-refractivity contribution is 6.10. The molecule has 1 aromatic heterocycles. The topological polar surface area (TPSA) is 56.6 Å². The van der Waals surface area contributed by atoms with Gasteiger partial charge < -0.3 is 4.98 Å². The van der Waals surface area contributed by atoms with Gasteiger partial charge in [-0.1, -0.05) is 37.3 Å². The van der Waals surface area contributed by atoms with E-state index < -0.39 is 0 Å². The molecule has 102 valence electrons. The fourth-order valence-corrected chi connectivity index (χ4v) is 2.52. The van der Waals surface area contributed by atoms with Crippen molar-refractivity contribution in [3.63, 3.8) is 0 Å². The lowest BCUT2D eigenvalue weighted by Crippen LogP contribution is -2.09. The molecule has 0 saturated carbocycles. The summed E-state index contributed by atoms with van der Waals surface area (Å²) in [7, 11) is 0. The number of rotatable bonds is 3. The predicted octanol–water partition coefficient (Wildman–Crippen LogP) is 4.03. The first-order valence-electron chi connectivity index (χ1n) is 6.81. The normalized spacial score (nSPS) is 12.0. The number of hydrogen-bond acceptors (Lipinski definition) is 2. The van der Waals surface area contributed by atoms with Gasteiger partial charge in [0.05, 0.1) is 11.6 Å². The molecule has 0 saturated heterocycles. The van der Waals surface area contributed by atoms with Crippen molar-refractivity contribution in [1.82, 2.24) is 4.98 Å². The molecule has 0 amide bonds. The van der Waals surface area contributed by atoms with E-state index in [-0.39, 0.29) is 11.7 Å². The van der Waals surface area contributed by atoms with E-state index in [1.807, 2.05) is 43.3 Å². The molecule has 1 unspecified atom stereocenters. The third-order valence-electron chi connectivity index (χ3n) is 3.77. The fraction of sp³-hybridized carbons (Fsp3) is 0.111. The van der Waals surface area contributed by atoms with E-state index in [9.17, 15) is 4.79 Å². The second kappa shape index (κ2) is 5.26. The third-order valence-corrected chi connectivity index (χ3v) is 3.77. The number of carbonyl (C=O) groups excluding carboxylic acids is 1. The first-order valence-corrected chi connectivity index (χ1v) is 6.81. The van der Waals surface area contributed by atoms with Crippen molar-refractivity contribution < 1.29 is 4.79 Å². The molecule has 3 nitrogen and oxygen atoms in total. The van der Waals surface area contributed by atoms with Crippen molar-refractivity contribution in [2.45, 2.75) is 12.8 Å². The van der Waals surface area contributed by atoms with Gasteiger partial charge in [0.25, 0.3) is 0 Å². The van der Waals surface area contributed by atoms with Gasteiger partial charge in [-0.05, 0) is 23.8 Å². The van der Waals surface area contributed by atoms with Crippen LogP contribution < -0.4 is 0 Å². The summed E-state index contributed by atoms with van der Waals surface area (Å²) in [5, 5.41) is 9.81. The van der Waals surface area contributed by atoms with Gasteiger partial charge in [-0.2, -0.15) is 5.26 Å². The molecule has 0 aliphatic rings. The number of aromatic amines is 1. The molecule has 0 spiro atoms. The molecule has 1 heterocycles. The average molecular weight is 274 g/mol. The summed E-state index contributed by atoms with van der Waals surface area (Å²) < 4.78 is 0. The van der Waals surface area contributed by atoms with Gasteiger partial charge in [0.2, 0.25) is 0 Å². The Morgan fingerprint density at radius 2 is 1.95 bits per heavy atom. The number of H-pyrrole nitrogens is 1. The Hall–Kier alpha value is -2.86. The van der Waals surface area contributed by atoms with Crippen molar-refractivity contribution in [2.75, 3.05) is 0 Å². The highest BCUT2D eigenvalue weighted by atomic mass is 16.1. The maximum absolute atomic E-state index is 12.7. The Labute approximate surface area is 122 Å². The van der Waals surface area contributed by atoms with Gasteiger partial charge in [-0.25, -0.2) is 0 Å². The van der Waals surface area contributed by atoms with Crippen LogP contribution in [0.5, 0.6) is 0 Å². The van der Waals surface area contributed by atoms with E-state index in [2.05, 4.69) is 11.1 Å². The standard InChI is InChI=1S/C18H14N2O/c1-12(14-5-3-2-4-6-14)18(21)16-11-20-17-8-7-13(10-19)9-15(16)17/h2-9,11-12,20H,1H3. The van der Waals surface area contributed by atoms with Crippen LogP contribution in [0.3, 0.4) is 0 Å². The predicted molar refractivity (Wildman–Crippen MR) is 82.2 cm³/mol. The molecule has 3 heteroatoms. The Morgan fingerprint density at radius 3 is 2.67 bits per heavy atom. The van der Waals surface area contributed by atoms with Gasteiger partial charge in [0, 0.05) is 28.6 Å². The van der Waals surface area contributed by atoms with Crippen molar-refractivity contribution in [3.05, 3.63) is 71.4 Å². The summed E-state index contributed by atoms with van der Waals surface area (Å²) in [6, 6.07) is 17.2. The number of nitrogens with one attached hydrogen (secondary N) is 1. The Kier molecular flexibility index (Phi) is 3.29. The van der Waals surface area contributed by atoms with Crippen LogP contribution in [0, 0.1) is 11.3 Å². The molecule has 1 atom stereocenters. The number of benzene rings is 2. The number of nitrogens with zero attached hydrogens (tertiary/aromatic N) is 1. The molecule has 0 bridgehead atoms. The lowest BCUT2D eigenvalue weighted by molar-refractivity contribution is 0.0968. The van der Waals surface area contributed by atoms with Crippen LogP contribution in [-0.2, 0) is 0 Å². The lowest BCUT2D eigenvalue weighted by Gasteiger charge is -2.10. The Morgan fingerprint density at radius 1 is 1.19 bits per heavy atom. The Bertz CT molecular complexity index is 841. The zero-order chi connectivity index (χ0) is 14.8. The van der Waals surface area contributed by atoms with Crippen molar-refractivity contribution in [1.29, 1.82) is 5.26 Å². The minimum Gasteiger partial charge on any atom is -0.360 e. The number of carbonyl (C=O) groups is 1. The third kappa shape index (κ3) is 2.32. The van der Waals surface area contributed by atoms with Crippen LogP contribution >= 0.6 is 0 Å². The number of hydrogen-bond donors (Lipinski definition) is 1. The number of nitriles is 1. The van der Waals surface area contributed by atoms with E-state index in [1.54, 1.807) is 18.3 Å². The second-order valence-electron chi connectivity index (χ2n) is 5.07. The molecular weight excluding hydrogens is 260 g/mol. The molecule has 0 aliphatic heterocycles. The van der Waals surface area contributed by atoms with Crippen LogP contribution in [0.1, 0.15) is 34.3 Å². The van der Waals surface area contributed by atoms with Crippen molar-refractivity contribution in [2.24, 2.45) is 0 Å². The van der Waals surface area contributed by atoms with E-state index in [1.165, 1.54) is 0 Å². The van der Waals surface area contributed by atoms with Gasteiger partial charge >= 0.3 is 0 Å². The molecular formula is C18H14N2O. The quantitative estimate of drug-likeness (QED) is 0.733. The molecule has 21 heavy (non-hydrogen) atoms. The number of ketones is 1. The van der Waals surface area contributed by atoms with E-state index in [4.69, 9.17) is 5.26 Å². The second-order valence-corrected chi connectivity index (χ2v) is 5.07. The van der Waals surface area contributed by atoms with E-state index >= 15 is 0 Å². The zero-order valence-electron chi connectivity index (χ0n) is 11.6. The van der Waals surface area contributed by atoms with Gasteiger partial charge in [0.1, 0.15) is 0 Å². The van der Waals surface area contributed by atoms with Crippen molar-refractivity contribution >= 4 is 16.7 Å². The largest absolute Gasteiger partial charge is 0.360 e. The molecule has 0 radical (unpaired) electrons. The SMILES string of the molecule is CC(C(=O)c1c[nH]c2ccc(C#N)cc12)c1ccccc1. The molecule has 3 aromatic rings. The fourth-order valence-electron chi connectivity index (χ4n) is 2.52. The highest BCUT2D eigenvalue weighted by Crippen LogP contribution is 2.26. The maximum Gasteiger partial charge on any atom is 0.172 e. The monoisotopic (exact) mass is 274 g/mol. The number of aromatic nitrogens is 1. The summed E-state index contributed by atoms with van der Waals surface area (Å²) in [4.78, 5) is 15.8. The van der Waals surface area contributed by atoms with Crippen LogP contribution in [0.15, 0.2) is 54.7 Å².